The van der Waals surface area contributed by atoms with Crippen LogP contribution in [0.5, 0.6) is 5.88 Å². The number of halogens is 3. The minimum atomic E-state index is -1.30. The summed E-state index contributed by atoms with van der Waals surface area (Å²) in [6.07, 6.45) is 0.778. The molecule has 2 aliphatic rings. The Morgan fingerprint density at radius 1 is 1.34 bits per heavy atom. The van der Waals surface area contributed by atoms with Crippen molar-refractivity contribution >= 4 is 17.6 Å². The normalized spacial score (nSPS) is 26.6. The first-order chi connectivity index (χ1) is 15.4. The van der Waals surface area contributed by atoms with Crippen LogP contribution in [-0.4, -0.2) is 54.2 Å². The van der Waals surface area contributed by atoms with Crippen molar-refractivity contribution in [2.75, 3.05) is 25.5 Å². The topological polar surface area (TPSA) is 121 Å². The van der Waals surface area contributed by atoms with E-state index in [0.29, 0.717) is 0 Å². The number of nitrogens with zero attached hydrogens (tertiary/aromatic N) is 3. The Bertz CT molecular complexity index is 1040. The molecule has 1 fully saturated rings. The molecule has 170 valence electrons. The molecule has 0 aliphatic carbocycles. The van der Waals surface area contributed by atoms with E-state index in [0.717, 1.165) is 18.5 Å². The molecule has 0 spiro atoms. The molecule has 2 aliphatic heterocycles. The van der Waals surface area contributed by atoms with Crippen molar-refractivity contribution in [2.45, 2.75) is 24.7 Å². The van der Waals surface area contributed by atoms with Gasteiger partial charge >= 0.3 is 0 Å². The maximum atomic E-state index is 14.9. The Balaban J connectivity index is 1.63. The number of amidine groups is 1. The molecule has 0 radical (unpaired) electrons. The number of ether oxygens (including phenoxy) is 3. The van der Waals surface area contributed by atoms with Crippen LogP contribution in [0.3, 0.4) is 0 Å². The molecule has 4 rings (SSSR count). The highest BCUT2D eigenvalue weighted by Gasteiger charge is 2.54. The number of carbonyl (C=O) groups is 1. The third-order valence-corrected chi connectivity index (χ3v) is 5.52. The van der Waals surface area contributed by atoms with E-state index in [2.05, 4.69) is 25.0 Å². The van der Waals surface area contributed by atoms with Gasteiger partial charge in [-0.05, 0) is 25.1 Å². The van der Waals surface area contributed by atoms with E-state index >= 15 is 0 Å². The van der Waals surface area contributed by atoms with Crippen molar-refractivity contribution in [3.63, 3.8) is 0 Å². The van der Waals surface area contributed by atoms with E-state index in [1.165, 1.54) is 12.1 Å². The molecule has 0 saturated carbocycles. The summed E-state index contributed by atoms with van der Waals surface area (Å²) in [4.78, 5) is 24.4. The van der Waals surface area contributed by atoms with Crippen molar-refractivity contribution in [3.8, 4) is 5.88 Å². The number of carbonyl (C=O) groups excluding carboxylic acids is 1. The second-order valence-corrected chi connectivity index (χ2v) is 7.45. The fourth-order valence-corrected chi connectivity index (χ4v) is 4.11. The smallest absolute Gasteiger partial charge is 0.283 e. The van der Waals surface area contributed by atoms with E-state index in [1.54, 1.807) is 6.92 Å². The van der Waals surface area contributed by atoms with Crippen molar-refractivity contribution < 1.29 is 32.2 Å². The zero-order chi connectivity index (χ0) is 22.9. The van der Waals surface area contributed by atoms with Gasteiger partial charge in [0.15, 0.2) is 0 Å². The molecule has 0 bridgehead atoms. The Morgan fingerprint density at radius 2 is 2.16 bits per heavy atom. The highest BCUT2D eigenvalue weighted by Crippen LogP contribution is 2.46. The summed E-state index contributed by atoms with van der Waals surface area (Å²) >= 11 is 0. The molecule has 12 heteroatoms. The van der Waals surface area contributed by atoms with Gasteiger partial charge in [-0.3, -0.25) is 4.79 Å². The molecular formula is C20H20F3N5O4. The van der Waals surface area contributed by atoms with Crippen LogP contribution in [0, 0.1) is 11.7 Å². The van der Waals surface area contributed by atoms with Gasteiger partial charge in [0, 0.05) is 11.3 Å². The molecule has 1 saturated heterocycles. The molecular weight excluding hydrogens is 431 g/mol. The fraction of sp³-hybridized carbons (Fsp3) is 0.400. The molecule has 1 amide bonds. The first-order valence-corrected chi connectivity index (χ1v) is 9.67. The maximum Gasteiger partial charge on any atom is 0.283 e. The van der Waals surface area contributed by atoms with E-state index in [1.807, 2.05) is 0 Å². The highest BCUT2D eigenvalue weighted by atomic mass is 19.1. The standard InChI is InChI=1S/C20H20F3N5O4/c1-20(17-14(5-21)30-8-15(17)32-19(24)28-20)11-4-10(2-3-12(11)23)27-18(29)13-6-26-16(7-25-13)31-9-22/h2-4,6-7,14-15,17H,5,8-9H2,1H3,(H2,24,28)(H,27,29)/t14-,15+,17-,20+/m0/s1. The van der Waals surface area contributed by atoms with Gasteiger partial charge in [-0.15, -0.1) is 0 Å². The van der Waals surface area contributed by atoms with Gasteiger partial charge in [0.2, 0.25) is 12.7 Å². The van der Waals surface area contributed by atoms with Gasteiger partial charge in [-0.2, -0.15) is 0 Å². The van der Waals surface area contributed by atoms with Gasteiger partial charge in [0.25, 0.3) is 11.9 Å². The average Bonchev–Trinajstić information content (AvgIpc) is 3.19. The van der Waals surface area contributed by atoms with Crippen LogP contribution in [0.1, 0.15) is 23.0 Å². The van der Waals surface area contributed by atoms with Crippen LogP contribution in [0.15, 0.2) is 35.6 Å². The van der Waals surface area contributed by atoms with Crippen molar-refractivity contribution in [2.24, 2.45) is 16.6 Å². The minimum absolute atomic E-state index is 0.0663. The lowest BCUT2D eigenvalue weighted by molar-refractivity contribution is 0.0401. The summed E-state index contributed by atoms with van der Waals surface area (Å²) in [6, 6.07) is 3.76. The highest BCUT2D eigenvalue weighted by molar-refractivity contribution is 6.02. The van der Waals surface area contributed by atoms with E-state index in [9.17, 15) is 18.0 Å². The van der Waals surface area contributed by atoms with Gasteiger partial charge < -0.3 is 25.3 Å². The summed E-state index contributed by atoms with van der Waals surface area (Å²) in [5.74, 6) is -1.95. The molecule has 3 N–H and O–H groups in total. The van der Waals surface area contributed by atoms with E-state index in [-0.39, 0.29) is 35.5 Å². The SMILES string of the molecule is C[C@]1(c2cc(NC(=O)c3cnc(OCF)cn3)ccc2F)N=C(N)O[C@@H]2CO[C@@H](CF)[C@@H]21. The Hall–Kier alpha value is -3.41. The maximum absolute atomic E-state index is 14.9. The summed E-state index contributed by atoms with van der Waals surface area (Å²) in [7, 11) is 0. The molecule has 32 heavy (non-hydrogen) atoms. The van der Waals surface area contributed by atoms with Crippen LogP contribution in [0.25, 0.3) is 0 Å². The van der Waals surface area contributed by atoms with Gasteiger partial charge in [-0.1, -0.05) is 0 Å². The van der Waals surface area contributed by atoms with Crippen LogP contribution in [0.2, 0.25) is 0 Å². The van der Waals surface area contributed by atoms with E-state index in [4.69, 9.17) is 15.2 Å². The van der Waals surface area contributed by atoms with Crippen molar-refractivity contribution in [3.05, 3.63) is 47.7 Å². The number of alkyl halides is 2. The lowest BCUT2D eigenvalue weighted by Crippen LogP contribution is -2.50. The zero-order valence-corrected chi connectivity index (χ0v) is 16.9. The Labute approximate surface area is 180 Å². The predicted molar refractivity (Wildman–Crippen MR) is 106 cm³/mol. The minimum Gasteiger partial charge on any atom is -0.459 e. The second-order valence-electron chi connectivity index (χ2n) is 7.45. The number of aliphatic imine (C=N–C) groups is 1. The molecule has 4 atom stereocenters. The largest absolute Gasteiger partial charge is 0.459 e. The number of rotatable bonds is 6. The number of benzene rings is 1. The number of hydrogen-bond acceptors (Lipinski definition) is 8. The molecule has 2 aromatic rings. The summed E-state index contributed by atoms with van der Waals surface area (Å²) in [6.45, 7) is -0.153. The number of hydrogen-bond donors (Lipinski definition) is 2. The van der Waals surface area contributed by atoms with Gasteiger partial charge in [0.05, 0.1) is 31.0 Å². The quantitative estimate of drug-likeness (QED) is 0.690. The first kappa shape index (κ1) is 21.8. The summed E-state index contributed by atoms with van der Waals surface area (Å²) in [5.41, 5.74) is 4.78. The monoisotopic (exact) mass is 451 g/mol. The molecule has 1 aromatic heterocycles. The predicted octanol–water partition coefficient (Wildman–Crippen LogP) is 2.09. The van der Waals surface area contributed by atoms with Crippen LogP contribution in [0.4, 0.5) is 18.9 Å². The third kappa shape index (κ3) is 3.93. The third-order valence-electron chi connectivity index (χ3n) is 5.52. The number of fused-ring (bicyclic) bond motifs is 1. The van der Waals surface area contributed by atoms with Crippen molar-refractivity contribution in [1.82, 2.24) is 9.97 Å². The number of amides is 1. The first-order valence-electron chi connectivity index (χ1n) is 9.67. The average molecular weight is 451 g/mol. The van der Waals surface area contributed by atoms with Gasteiger partial charge in [-0.25, -0.2) is 28.1 Å². The summed E-state index contributed by atoms with van der Waals surface area (Å²) < 4.78 is 56.2. The molecule has 9 nitrogen and oxygen atoms in total. The van der Waals surface area contributed by atoms with E-state index < -0.39 is 48.9 Å². The number of nitrogens with one attached hydrogen (secondary N) is 1. The zero-order valence-electron chi connectivity index (χ0n) is 16.9. The number of aromatic nitrogens is 2. The second kappa shape index (κ2) is 8.61. The Kier molecular flexibility index (Phi) is 5.87. The molecule has 1 aromatic carbocycles. The van der Waals surface area contributed by atoms with Crippen LogP contribution < -0.4 is 15.8 Å². The molecule has 3 heterocycles. The van der Waals surface area contributed by atoms with Crippen molar-refractivity contribution in [1.29, 1.82) is 0 Å². The lowest BCUT2D eigenvalue weighted by atomic mass is 9.74. The fourth-order valence-electron chi connectivity index (χ4n) is 4.11. The van der Waals surface area contributed by atoms with Crippen LogP contribution in [-0.2, 0) is 15.0 Å². The number of anilines is 1. The van der Waals surface area contributed by atoms with Gasteiger partial charge in [0.1, 0.15) is 29.8 Å². The number of nitrogens with two attached hydrogens (primary N) is 1. The summed E-state index contributed by atoms with van der Waals surface area (Å²) in [5, 5.41) is 2.59. The Morgan fingerprint density at radius 3 is 2.84 bits per heavy atom. The molecule has 0 unspecified atom stereocenters. The van der Waals surface area contributed by atoms with Crippen LogP contribution >= 0.6 is 0 Å². The lowest BCUT2D eigenvalue weighted by Gasteiger charge is -2.40.